The molecular weight excluding hydrogens is 324 g/mol. The highest BCUT2D eigenvalue weighted by Crippen LogP contribution is 2.26. The van der Waals surface area contributed by atoms with Gasteiger partial charge in [-0.1, -0.05) is 28.8 Å². The van der Waals surface area contributed by atoms with Crippen LogP contribution in [0.3, 0.4) is 0 Å². The molecule has 2 unspecified atom stereocenters. The van der Waals surface area contributed by atoms with Gasteiger partial charge < -0.3 is 5.32 Å². The minimum absolute atomic E-state index is 0.00227. The van der Waals surface area contributed by atoms with Crippen LogP contribution in [0.2, 0.25) is 0 Å². The number of halogens is 1. The normalized spacial score (nSPS) is 22.2. The summed E-state index contributed by atoms with van der Waals surface area (Å²) in [7, 11) is 0. The average molecular weight is 341 g/mol. The van der Waals surface area contributed by atoms with E-state index in [2.05, 4.69) is 21.2 Å². The summed E-state index contributed by atoms with van der Waals surface area (Å²) in [4.78, 5) is 22.3. The summed E-state index contributed by atoms with van der Waals surface area (Å²) in [5.74, 6) is 0.309. The fraction of sp³-hybridized carbons (Fsp3) is 0.500. The van der Waals surface area contributed by atoms with Crippen LogP contribution in [0.25, 0.3) is 0 Å². The Morgan fingerprint density at radius 1 is 1.30 bits per heavy atom. The van der Waals surface area contributed by atoms with Gasteiger partial charge in [0.05, 0.1) is 4.92 Å². The number of nitrogens with zero attached hydrogens (tertiary/aromatic N) is 1. The van der Waals surface area contributed by atoms with Gasteiger partial charge >= 0.3 is 0 Å². The van der Waals surface area contributed by atoms with Gasteiger partial charge in [0.2, 0.25) is 0 Å². The summed E-state index contributed by atoms with van der Waals surface area (Å²) in [6.07, 6.45) is 4.46. The Bertz CT molecular complexity index is 490. The maximum atomic E-state index is 12.2. The van der Waals surface area contributed by atoms with Crippen molar-refractivity contribution in [3.8, 4) is 0 Å². The standard InChI is InChI=1S/C14H17BrN2O3/c15-9-11-3-1-2-4-13(11)16-14(18)10-5-7-12(8-6-10)17(19)20/h5-8,11,13H,1-4,9H2,(H,16,18). The molecule has 1 saturated carbocycles. The Morgan fingerprint density at radius 3 is 2.55 bits per heavy atom. The molecule has 1 aromatic carbocycles. The van der Waals surface area contributed by atoms with Gasteiger partial charge in [-0.2, -0.15) is 0 Å². The summed E-state index contributed by atoms with van der Waals surface area (Å²) < 4.78 is 0. The lowest BCUT2D eigenvalue weighted by Gasteiger charge is -2.31. The third-order valence-electron chi connectivity index (χ3n) is 3.76. The molecule has 0 saturated heterocycles. The smallest absolute Gasteiger partial charge is 0.269 e. The molecule has 5 nitrogen and oxygen atoms in total. The Balaban J connectivity index is 2.01. The SMILES string of the molecule is O=C(NC1CCCCC1CBr)c1ccc([N+](=O)[O-])cc1. The van der Waals surface area contributed by atoms with Crippen LogP contribution in [-0.4, -0.2) is 22.2 Å². The first-order valence-electron chi connectivity index (χ1n) is 6.73. The molecule has 1 aliphatic rings. The number of nitro benzene ring substituents is 1. The van der Waals surface area contributed by atoms with Gasteiger partial charge in [-0.05, 0) is 30.9 Å². The maximum absolute atomic E-state index is 12.2. The molecule has 0 aromatic heterocycles. The van der Waals surface area contributed by atoms with Crippen molar-refractivity contribution in [2.45, 2.75) is 31.7 Å². The molecule has 0 aliphatic heterocycles. The molecule has 1 amide bonds. The van der Waals surface area contributed by atoms with Crippen LogP contribution in [0.1, 0.15) is 36.0 Å². The third-order valence-corrected chi connectivity index (χ3v) is 4.60. The van der Waals surface area contributed by atoms with Crippen molar-refractivity contribution < 1.29 is 9.72 Å². The van der Waals surface area contributed by atoms with Crippen molar-refractivity contribution >= 4 is 27.5 Å². The van der Waals surface area contributed by atoms with Crippen LogP contribution in [0.4, 0.5) is 5.69 Å². The minimum Gasteiger partial charge on any atom is -0.349 e. The van der Waals surface area contributed by atoms with E-state index < -0.39 is 4.92 Å². The van der Waals surface area contributed by atoms with Crippen LogP contribution >= 0.6 is 15.9 Å². The van der Waals surface area contributed by atoms with Crippen molar-refractivity contribution in [3.63, 3.8) is 0 Å². The van der Waals surface area contributed by atoms with Crippen molar-refractivity contribution in [3.05, 3.63) is 39.9 Å². The monoisotopic (exact) mass is 340 g/mol. The van der Waals surface area contributed by atoms with Gasteiger partial charge in [0, 0.05) is 29.1 Å². The second-order valence-corrected chi connectivity index (χ2v) is 5.73. The van der Waals surface area contributed by atoms with Crippen molar-refractivity contribution in [2.75, 3.05) is 5.33 Å². The zero-order chi connectivity index (χ0) is 14.5. The van der Waals surface area contributed by atoms with Crippen molar-refractivity contribution in [1.82, 2.24) is 5.32 Å². The molecule has 0 heterocycles. The molecule has 0 radical (unpaired) electrons. The Morgan fingerprint density at radius 2 is 1.95 bits per heavy atom. The molecular formula is C14H17BrN2O3. The number of hydrogen-bond acceptors (Lipinski definition) is 3. The summed E-state index contributed by atoms with van der Waals surface area (Å²) in [6, 6.07) is 5.90. The summed E-state index contributed by atoms with van der Waals surface area (Å²) in [5, 5.41) is 14.5. The van der Waals surface area contributed by atoms with Crippen LogP contribution in [0.5, 0.6) is 0 Å². The first kappa shape index (κ1) is 15.0. The van der Waals surface area contributed by atoms with E-state index in [0.717, 1.165) is 24.6 Å². The van der Waals surface area contributed by atoms with Crippen LogP contribution in [0, 0.1) is 16.0 Å². The second kappa shape index (κ2) is 6.83. The number of hydrogen-bond donors (Lipinski definition) is 1. The van der Waals surface area contributed by atoms with Crippen molar-refractivity contribution in [1.29, 1.82) is 0 Å². The first-order valence-corrected chi connectivity index (χ1v) is 7.85. The molecule has 2 atom stereocenters. The highest BCUT2D eigenvalue weighted by Gasteiger charge is 2.25. The van der Waals surface area contributed by atoms with E-state index in [4.69, 9.17) is 0 Å². The molecule has 20 heavy (non-hydrogen) atoms. The topological polar surface area (TPSA) is 72.2 Å². The van der Waals surface area contributed by atoms with Gasteiger partial charge in [-0.25, -0.2) is 0 Å². The quantitative estimate of drug-likeness (QED) is 0.519. The lowest BCUT2D eigenvalue weighted by atomic mass is 9.86. The number of nitrogens with one attached hydrogen (secondary N) is 1. The first-order chi connectivity index (χ1) is 9.61. The number of alkyl halides is 1. The molecule has 0 bridgehead atoms. The molecule has 108 valence electrons. The fourth-order valence-electron chi connectivity index (χ4n) is 2.57. The van der Waals surface area contributed by atoms with Crippen LogP contribution in [-0.2, 0) is 0 Å². The number of benzene rings is 1. The van der Waals surface area contributed by atoms with E-state index in [1.54, 1.807) is 0 Å². The van der Waals surface area contributed by atoms with Gasteiger partial charge in [0.15, 0.2) is 0 Å². The van der Waals surface area contributed by atoms with Crippen LogP contribution in [0.15, 0.2) is 24.3 Å². The van der Waals surface area contributed by atoms with E-state index in [9.17, 15) is 14.9 Å². The lowest BCUT2D eigenvalue weighted by molar-refractivity contribution is -0.384. The van der Waals surface area contributed by atoms with E-state index in [-0.39, 0.29) is 17.6 Å². The molecule has 1 N–H and O–H groups in total. The highest BCUT2D eigenvalue weighted by atomic mass is 79.9. The van der Waals surface area contributed by atoms with Crippen molar-refractivity contribution in [2.24, 2.45) is 5.92 Å². The minimum atomic E-state index is -0.469. The van der Waals surface area contributed by atoms with E-state index >= 15 is 0 Å². The average Bonchev–Trinajstić information content (AvgIpc) is 2.48. The molecule has 1 aliphatic carbocycles. The molecule has 1 aromatic rings. The number of rotatable bonds is 4. The summed E-state index contributed by atoms with van der Waals surface area (Å²) >= 11 is 3.50. The molecule has 1 fully saturated rings. The van der Waals surface area contributed by atoms with E-state index in [1.807, 2.05) is 0 Å². The predicted octanol–water partition coefficient (Wildman–Crippen LogP) is 3.28. The highest BCUT2D eigenvalue weighted by molar-refractivity contribution is 9.09. The summed E-state index contributed by atoms with van der Waals surface area (Å²) in [5.41, 5.74) is 0.465. The Kier molecular flexibility index (Phi) is 5.11. The second-order valence-electron chi connectivity index (χ2n) is 5.08. The number of carbonyl (C=O) groups is 1. The summed E-state index contributed by atoms with van der Waals surface area (Å²) in [6.45, 7) is 0. The molecule has 2 rings (SSSR count). The zero-order valence-corrected chi connectivity index (χ0v) is 12.6. The van der Waals surface area contributed by atoms with Gasteiger partial charge in [0.25, 0.3) is 11.6 Å². The Hall–Kier alpha value is -1.43. The fourth-order valence-corrected chi connectivity index (χ4v) is 3.34. The van der Waals surface area contributed by atoms with Gasteiger partial charge in [0.1, 0.15) is 0 Å². The number of nitro groups is 1. The third kappa shape index (κ3) is 3.56. The molecule has 0 spiro atoms. The van der Waals surface area contributed by atoms with Gasteiger partial charge in [-0.3, -0.25) is 14.9 Å². The Labute approximate surface area is 126 Å². The predicted molar refractivity (Wildman–Crippen MR) is 80.1 cm³/mol. The largest absolute Gasteiger partial charge is 0.349 e. The van der Waals surface area contributed by atoms with E-state index in [1.165, 1.54) is 30.7 Å². The maximum Gasteiger partial charge on any atom is 0.269 e. The number of amides is 1. The van der Waals surface area contributed by atoms with E-state index in [0.29, 0.717) is 11.5 Å². The van der Waals surface area contributed by atoms with Gasteiger partial charge in [-0.15, -0.1) is 0 Å². The number of carbonyl (C=O) groups excluding carboxylic acids is 1. The molecule has 6 heteroatoms. The number of non-ortho nitro benzene ring substituents is 1. The van der Waals surface area contributed by atoms with Crippen LogP contribution < -0.4 is 5.32 Å². The lowest BCUT2D eigenvalue weighted by Crippen LogP contribution is -2.42. The zero-order valence-electron chi connectivity index (χ0n) is 11.0.